The second-order valence-corrected chi connectivity index (χ2v) is 10.9. The lowest BCUT2D eigenvalue weighted by atomic mass is 10.0. The van der Waals surface area contributed by atoms with Gasteiger partial charge in [0, 0.05) is 18.0 Å². The second kappa shape index (κ2) is 6.78. The molecular weight excluding hydrogens is 290 g/mol. The van der Waals surface area contributed by atoms with E-state index in [4.69, 9.17) is 4.74 Å². The predicted molar refractivity (Wildman–Crippen MR) is 92.3 cm³/mol. The van der Waals surface area contributed by atoms with Gasteiger partial charge in [-0.25, -0.2) is 0 Å². The molecule has 1 aromatic carbocycles. The molecule has 1 N–H and O–H groups in total. The number of benzene rings is 1. The van der Waals surface area contributed by atoms with Crippen LogP contribution in [0.4, 0.5) is 0 Å². The van der Waals surface area contributed by atoms with E-state index in [1.54, 1.807) is 19.5 Å². The van der Waals surface area contributed by atoms with Crippen molar-refractivity contribution in [2.75, 3.05) is 7.11 Å². The Bertz CT molecular complexity index is 697. The van der Waals surface area contributed by atoms with Gasteiger partial charge in [0.2, 0.25) is 0 Å². The minimum atomic E-state index is -1.53. The average molecular weight is 311 g/mol. The first-order chi connectivity index (χ1) is 10.4. The average Bonchev–Trinajstić information content (AvgIpc) is 2.52. The predicted octanol–water partition coefficient (Wildman–Crippen LogP) is 3.67. The second-order valence-electron chi connectivity index (χ2n) is 6.11. The number of hydrogen-bond acceptors (Lipinski definition) is 3. The van der Waals surface area contributed by atoms with Gasteiger partial charge < -0.3 is 9.84 Å². The van der Waals surface area contributed by atoms with E-state index in [0.29, 0.717) is 11.3 Å². The van der Waals surface area contributed by atoms with Gasteiger partial charge in [-0.1, -0.05) is 31.6 Å². The molecule has 2 rings (SSSR count). The Hall–Kier alpha value is -2.09. The third kappa shape index (κ3) is 4.20. The van der Waals surface area contributed by atoms with Crippen LogP contribution in [-0.4, -0.2) is 25.3 Å². The first-order valence-corrected chi connectivity index (χ1v) is 10.7. The Morgan fingerprint density at radius 1 is 1.09 bits per heavy atom. The van der Waals surface area contributed by atoms with Crippen LogP contribution in [0.25, 0.3) is 11.1 Å². The summed E-state index contributed by atoms with van der Waals surface area (Å²) in [6.07, 6.45) is 2.66. The van der Waals surface area contributed by atoms with E-state index in [-0.39, 0.29) is 0 Å². The smallest absolute Gasteiger partial charge is 0.143 e. The quantitative estimate of drug-likeness (QED) is 0.694. The Kier molecular flexibility index (Phi) is 5.02. The Morgan fingerprint density at radius 2 is 1.77 bits per heavy atom. The third-order valence-electron chi connectivity index (χ3n) is 3.12. The topological polar surface area (TPSA) is 42.4 Å². The van der Waals surface area contributed by atoms with Gasteiger partial charge in [-0.05, 0) is 35.4 Å². The Balaban J connectivity index is 2.42. The number of methoxy groups -OCH3 is 1. The summed E-state index contributed by atoms with van der Waals surface area (Å²) in [6, 6.07) is 9.63. The standard InChI is InChI=1S/C18H21NO2Si/c1-21-18-6-5-15(14-7-10-19-11-8-14)13-16(18)17(20)9-12-22(2,3)4/h5-8,10-11,13,17,20H,1-4H3. The first kappa shape index (κ1) is 16.3. The summed E-state index contributed by atoms with van der Waals surface area (Å²) < 4.78 is 5.36. The molecule has 0 aliphatic carbocycles. The van der Waals surface area contributed by atoms with Crippen molar-refractivity contribution in [2.45, 2.75) is 25.7 Å². The lowest BCUT2D eigenvalue weighted by molar-refractivity contribution is 0.232. The molecule has 0 aliphatic heterocycles. The highest BCUT2D eigenvalue weighted by Crippen LogP contribution is 2.30. The van der Waals surface area contributed by atoms with E-state index in [1.807, 2.05) is 30.3 Å². The molecule has 0 radical (unpaired) electrons. The highest BCUT2D eigenvalue weighted by molar-refractivity contribution is 6.83. The van der Waals surface area contributed by atoms with Crippen molar-refractivity contribution >= 4 is 8.07 Å². The van der Waals surface area contributed by atoms with Crippen molar-refractivity contribution in [3.8, 4) is 28.3 Å². The van der Waals surface area contributed by atoms with Crippen molar-refractivity contribution in [3.05, 3.63) is 48.3 Å². The molecular formula is C18H21NO2Si. The summed E-state index contributed by atoms with van der Waals surface area (Å²) in [5.74, 6) is 3.62. The number of rotatable bonds is 3. The summed E-state index contributed by atoms with van der Waals surface area (Å²) in [7, 11) is 0.0726. The molecule has 0 amide bonds. The summed E-state index contributed by atoms with van der Waals surface area (Å²) in [5, 5.41) is 10.4. The number of aromatic nitrogens is 1. The molecule has 0 fully saturated rings. The van der Waals surface area contributed by atoms with Crippen molar-refractivity contribution in [1.29, 1.82) is 0 Å². The normalized spacial score (nSPS) is 12.2. The summed E-state index contributed by atoms with van der Waals surface area (Å²) in [6.45, 7) is 6.45. The van der Waals surface area contributed by atoms with Crippen molar-refractivity contribution < 1.29 is 9.84 Å². The molecule has 1 unspecified atom stereocenters. The van der Waals surface area contributed by atoms with Gasteiger partial charge >= 0.3 is 0 Å². The van der Waals surface area contributed by atoms with Crippen LogP contribution in [0.2, 0.25) is 19.6 Å². The maximum Gasteiger partial charge on any atom is 0.143 e. The number of aliphatic hydroxyl groups excluding tert-OH is 1. The maximum absolute atomic E-state index is 10.4. The largest absolute Gasteiger partial charge is 0.496 e. The molecule has 22 heavy (non-hydrogen) atoms. The van der Waals surface area contributed by atoms with Gasteiger partial charge in [0.15, 0.2) is 0 Å². The van der Waals surface area contributed by atoms with Gasteiger partial charge in [0.05, 0.1) is 7.11 Å². The number of ether oxygens (including phenoxy) is 1. The van der Waals surface area contributed by atoms with E-state index < -0.39 is 14.2 Å². The van der Waals surface area contributed by atoms with E-state index in [0.717, 1.165) is 11.1 Å². The van der Waals surface area contributed by atoms with Crippen LogP contribution < -0.4 is 4.74 Å². The molecule has 0 bridgehead atoms. The molecule has 0 spiro atoms. The van der Waals surface area contributed by atoms with E-state index in [2.05, 4.69) is 36.1 Å². The lowest BCUT2D eigenvalue weighted by Gasteiger charge is -2.13. The van der Waals surface area contributed by atoms with Crippen LogP contribution in [0.5, 0.6) is 5.75 Å². The van der Waals surface area contributed by atoms with Crippen LogP contribution in [-0.2, 0) is 0 Å². The molecule has 114 valence electrons. The fourth-order valence-electron chi connectivity index (χ4n) is 2.03. The molecule has 0 saturated heterocycles. The van der Waals surface area contributed by atoms with Crippen LogP contribution >= 0.6 is 0 Å². The van der Waals surface area contributed by atoms with Crippen LogP contribution in [0.15, 0.2) is 42.7 Å². The number of nitrogens with zero attached hydrogens (tertiary/aromatic N) is 1. The highest BCUT2D eigenvalue weighted by Gasteiger charge is 2.14. The molecule has 2 aromatic rings. The number of pyridine rings is 1. The van der Waals surface area contributed by atoms with E-state index in [9.17, 15) is 5.11 Å². The fourth-order valence-corrected chi connectivity index (χ4v) is 2.60. The Labute approximate surface area is 133 Å². The highest BCUT2D eigenvalue weighted by atomic mass is 28.3. The first-order valence-electron chi connectivity index (χ1n) is 7.20. The minimum Gasteiger partial charge on any atom is -0.496 e. The molecule has 0 saturated carbocycles. The van der Waals surface area contributed by atoms with Crippen LogP contribution in [0.1, 0.15) is 11.7 Å². The van der Waals surface area contributed by atoms with Gasteiger partial charge in [-0.2, -0.15) is 0 Å². The molecule has 1 heterocycles. The Morgan fingerprint density at radius 3 is 2.36 bits per heavy atom. The number of aliphatic hydroxyl groups is 1. The maximum atomic E-state index is 10.4. The zero-order valence-corrected chi connectivity index (χ0v) is 14.4. The van der Waals surface area contributed by atoms with Crippen LogP contribution in [0, 0.1) is 11.5 Å². The molecule has 4 heteroatoms. The summed E-state index contributed by atoms with van der Waals surface area (Å²) in [5.41, 5.74) is 5.95. The van der Waals surface area contributed by atoms with E-state index in [1.165, 1.54) is 0 Å². The van der Waals surface area contributed by atoms with Gasteiger partial charge in [0.25, 0.3) is 0 Å². The summed E-state index contributed by atoms with van der Waals surface area (Å²) >= 11 is 0. The SMILES string of the molecule is COc1ccc(-c2ccncc2)cc1C(O)C#C[Si](C)(C)C. The fraction of sp³-hybridized carbons (Fsp3) is 0.278. The molecule has 0 aliphatic rings. The lowest BCUT2D eigenvalue weighted by Crippen LogP contribution is -2.17. The van der Waals surface area contributed by atoms with Crippen molar-refractivity contribution in [3.63, 3.8) is 0 Å². The zero-order valence-electron chi connectivity index (χ0n) is 13.4. The van der Waals surface area contributed by atoms with Gasteiger partial charge in [0.1, 0.15) is 19.9 Å². The molecule has 1 aromatic heterocycles. The van der Waals surface area contributed by atoms with Gasteiger partial charge in [-0.15, -0.1) is 5.54 Å². The molecule has 1 atom stereocenters. The summed E-state index contributed by atoms with van der Waals surface area (Å²) in [4.78, 5) is 4.03. The third-order valence-corrected chi connectivity index (χ3v) is 4.02. The number of hydrogen-bond donors (Lipinski definition) is 1. The van der Waals surface area contributed by atoms with Crippen LogP contribution in [0.3, 0.4) is 0 Å². The van der Waals surface area contributed by atoms with Crippen molar-refractivity contribution in [2.24, 2.45) is 0 Å². The van der Waals surface area contributed by atoms with Crippen molar-refractivity contribution in [1.82, 2.24) is 4.98 Å². The zero-order chi connectivity index (χ0) is 16.2. The molecule has 3 nitrogen and oxygen atoms in total. The monoisotopic (exact) mass is 311 g/mol. The minimum absolute atomic E-state index is 0.648. The van der Waals surface area contributed by atoms with E-state index >= 15 is 0 Å². The van der Waals surface area contributed by atoms with Gasteiger partial charge in [-0.3, -0.25) is 4.98 Å².